The fraction of sp³-hybridized carbons (Fsp3) is 0.333. The van der Waals surface area contributed by atoms with Gasteiger partial charge in [0.15, 0.2) is 0 Å². The molecule has 0 heterocycles. The van der Waals surface area contributed by atoms with Crippen LogP contribution in [0.15, 0.2) is 18.2 Å². The summed E-state index contributed by atoms with van der Waals surface area (Å²) in [5, 5.41) is 7.16. The highest BCUT2D eigenvalue weighted by Crippen LogP contribution is 2.11. The van der Waals surface area contributed by atoms with Gasteiger partial charge in [-0.1, -0.05) is 17.7 Å². The van der Waals surface area contributed by atoms with E-state index in [9.17, 15) is 4.79 Å². The first-order chi connectivity index (χ1) is 7.00. The molecule has 0 spiro atoms. The largest absolute Gasteiger partial charge is 0.456 e. The molecule has 1 aromatic carbocycles. The van der Waals surface area contributed by atoms with Crippen molar-refractivity contribution in [1.29, 1.82) is 5.41 Å². The molecule has 0 unspecified atom stereocenters. The first-order valence-corrected chi connectivity index (χ1v) is 4.79. The van der Waals surface area contributed by atoms with Crippen molar-refractivity contribution >= 4 is 11.7 Å². The van der Waals surface area contributed by atoms with E-state index in [0.717, 1.165) is 11.1 Å². The van der Waals surface area contributed by atoms with E-state index in [1.807, 2.05) is 26.0 Å². The van der Waals surface area contributed by atoms with Crippen LogP contribution in [0, 0.1) is 19.3 Å². The molecule has 80 valence electrons. The highest BCUT2D eigenvalue weighted by Gasteiger charge is 2.10. The summed E-state index contributed by atoms with van der Waals surface area (Å²) < 4.78 is 4.95. The Labute approximate surface area is 89.6 Å². The molecule has 1 aromatic rings. The first kappa shape index (κ1) is 11.4. The van der Waals surface area contributed by atoms with E-state index in [-0.39, 0.29) is 12.6 Å². The van der Waals surface area contributed by atoms with Crippen LogP contribution in [0.25, 0.3) is 0 Å². The maximum Gasteiger partial charge on any atom is 0.338 e. The number of aryl methyl sites for hydroxylation is 2. The summed E-state index contributed by atoms with van der Waals surface area (Å²) in [5.41, 5.74) is 2.94. The van der Waals surface area contributed by atoms with Crippen molar-refractivity contribution < 1.29 is 9.53 Å². The fourth-order valence-electron chi connectivity index (χ4n) is 1.29. The molecule has 0 aliphatic carbocycles. The molecule has 0 saturated heterocycles. The van der Waals surface area contributed by atoms with Gasteiger partial charge in [-0.3, -0.25) is 0 Å². The second-order valence-corrected chi connectivity index (χ2v) is 3.67. The van der Waals surface area contributed by atoms with Crippen molar-refractivity contribution in [3.05, 3.63) is 34.9 Å². The second kappa shape index (κ2) is 4.73. The summed E-state index contributed by atoms with van der Waals surface area (Å²) in [6.07, 6.45) is 0. The molecule has 0 aliphatic rings. The third-order valence-corrected chi connectivity index (χ3v) is 2.02. The minimum atomic E-state index is -0.362. The number of ether oxygens (including phenoxy) is 1. The monoisotopic (exact) mass is 205 g/mol. The van der Waals surface area contributed by atoms with E-state index in [2.05, 4.69) is 0 Å². The summed E-state index contributed by atoms with van der Waals surface area (Å²) in [6, 6.07) is 5.57. The van der Waals surface area contributed by atoms with E-state index >= 15 is 0 Å². The SMILES string of the molecule is CC(=N)COC(=O)c1ccc(C)cc1C. The molecule has 1 rings (SSSR count). The number of nitrogens with one attached hydrogen (secondary N) is 1. The lowest BCUT2D eigenvalue weighted by Crippen LogP contribution is -2.12. The average Bonchev–Trinajstić information content (AvgIpc) is 2.14. The number of carbonyl (C=O) groups excluding carboxylic acids is 1. The summed E-state index contributed by atoms with van der Waals surface area (Å²) >= 11 is 0. The van der Waals surface area contributed by atoms with Gasteiger partial charge in [-0.05, 0) is 32.4 Å². The maximum absolute atomic E-state index is 11.6. The van der Waals surface area contributed by atoms with Gasteiger partial charge in [0.05, 0.1) is 5.56 Å². The molecule has 15 heavy (non-hydrogen) atoms. The number of hydrogen-bond acceptors (Lipinski definition) is 3. The van der Waals surface area contributed by atoms with Crippen molar-refractivity contribution in [1.82, 2.24) is 0 Å². The Morgan fingerprint density at radius 3 is 2.60 bits per heavy atom. The van der Waals surface area contributed by atoms with Gasteiger partial charge in [0.1, 0.15) is 6.61 Å². The highest BCUT2D eigenvalue weighted by molar-refractivity contribution is 5.93. The number of hydrogen-bond donors (Lipinski definition) is 1. The lowest BCUT2D eigenvalue weighted by atomic mass is 10.1. The summed E-state index contributed by atoms with van der Waals surface area (Å²) in [4.78, 5) is 11.6. The van der Waals surface area contributed by atoms with E-state index in [1.165, 1.54) is 0 Å². The van der Waals surface area contributed by atoms with Crippen molar-refractivity contribution in [2.24, 2.45) is 0 Å². The summed E-state index contributed by atoms with van der Waals surface area (Å²) in [6.45, 7) is 5.52. The van der Waals surface area contributed by atoms with Crippen LogP contribution in [-0.4, -0.2) is 18.3 Å². The molecule has 0 radical (unpaired) electrons. The zero-order chi connectivity index (χ0) is 11.4. The molecular weight excluding hydrogens is 190 g/mol. The van der Waals surface area contributed by atoms with Crippen molar-refractivity contribution in [3.8, 4) is 0 Å². The van der Waals surface area contributed by atoms with Crippen LogP contribution in [0.2, 0.25) is 0 Å². The van der Waals surface area contributed by atoms with Crippen LogP contribution in [0.4, 0.5) is 0 Å². The molecule has 0 amide bonds. The predicted octanol–water partition coefficient (Wildman–Crippen LogP) is 2.50. The van der Waals surface area contributed by atoms with Crippen LogP contribution in [0.1, 0.15) is 28.4 Å². The smallest absolute Gasteiger partial charge is 0.338 e. The molecule has 0 atom stereocenters. The molecule has 0 bridgehead atoms. The van der Waals surface area contributed by atoms with Gasteiger partial charge in [0.25, 0.3) is 0 Å². The van der Waals surface area contributed by atoms with E-state index < -0.39 is 0 Å². The van der Waals surface area contributed by atoms with Crippen LogP contribution >= 0.6 is 0 Å². The molecule has 0 saturated carbocycles. The first-order valence-electron chi connectivity index (χ1n) is 4.79. The predicted molar refractivity (Wildman–Crippen MR) is 59.6 cm³/mol. The molecular formula is C12H15NO2. The number of esters is 1. The Hall–Kier alpha value is -1.64. The van der Waals surface area contributed by atoms with Gasteiger partial charge in [0.2, 0.25) is 0 Å². The van der Waals surface area contributed by atoms with E-state index in [0.29, 0.717) is 11.3 Å². The van der Waals surface area contributed by atoms with Gasteiger partial charge in [-0.15, -0.1) is 0 Å². The Kier molecular flexibility index (Phi) is 3.61. The fourth-order valence-corrected chi connectivity index (χ4v) is 1.29. The lowest BCUT2D eigenvalue weighted by Gasteiger charge is -2.06. The molecule has 3 nitrogen and oxygen atoms in total. The lowest BCUT2D eigenvalue weighted by molar-refractivity contribution is 0.0561. The molecule has 1 N–H and O–H groups in total. The Bertz CT molecular complexity index is 397. The van der Waals surface area contributed by atoms with Crippen molar-refractivity contribution in [2.45, 2.75) is 20.8 Å². The van der Waals surface area contributed by atoms with Crippen LogP contribution < -0.4 is 0 Å². The maximum atomic E-state index is 11.6. The molecule has 0 fully saturated rings. The van der Waals surface area contributed by atoms with Gasteiger partial charge in [0, 0.05) is 5.71 Å². The van der Waals surface area contributed by atoms with Crippen LogP contribution in [0.5, 0.6) is 0 Å². The normalized spacial score (nSPS) is 9.80. The third kappa shape index (κ3) is 3.20. The van der Waals surface area contributed by atoms with Gasteiger partial charge >= 0.3 is 5.97 Å². The van der Waals surface area contributed by atoms with Crippen LogP contribution in [-0.2, 0) is 4.74 Å². The Morgan fingerprint density at radius 1 is 1.40 bits per heavy atom. The van der Waals surface area contributed by atoms with E-state index in [1.54, 1.807) is 13.0 Å². The highest BCUT2D eigenvalue weighted by atomic mass is 16.5. The second-order valence-electron chi connectivity index (χ2n) is 3.67. The number of benzene rings is 1. The topological polar surface area (TPSA) is 50.1 Å². The summed E-state index contributed by atoms with van der Waals surface area (Å²) in [5.74, 6) is -0.362. The number of rotatable bonds is 3. The zero-order valence-corrected chi connectivity index (χ0v) is 9.26. The van der Waals surface area contributed by atoms with Gasteiger partial charge < -0.3 is 10.1 Å². The number of carbonyl (C=O) groups is 1. The molecule has 0 aliphatic heterocycles. The Balaban J connectivity index is 2.78. The Morgan fingerprint density at radius 2 is 2.07 bits per heavy atom. The van der Waals surface area contributed by atoms with Crippen molar-refractivity contribution in [3.63, 3.8) is 0 Å². The standard InChI is InChI=1S/C12H15NO2/c1-8-4-5-11(9(2)6-8)12(14)15-7-10(3)13/h4-6,13H,7H2,1-3H3. The minimum absolute atomic E-state index is 0.0617. The van der Waals surface area contributed by atoms with Gasteiger partial charge in [-0.25, -0.2) is 4.79 Å². The van der Waals surface area contributed by atoms with Gasteiger partial charge in [-0.2, -0.15) is 0 Å². The zero-order valence-electron chi connectivity index (χ0n) is 9.26. The van der Waals surface area contributed by atoms with Crippen LogP contribution in [0.3, 0.4) is 0 Å². The molecule has 3 heteroatoms. The van der Waals surface area contributed by atoms with Crippen molar-refractivity contribution in [2.75, 3.05) is 6.61 Å². The van der Waals surface area contributed by atoms with E-state index in [4.69, 9.17) is 10.1 Å². The third-order valence-electron chi connectivity index (χ3n) is 2.02. The quantitative estimate of drug-likeness (QED) is 0.608. The molecule has 0 aromatic heterocycles. The minimum Gasteiger partial charge on any atom is -0.456 e. The average molecular weight is 205 g/mol. The summed E-state index contributed by atoms with van der Waals surface area (Å²) in [7, 11) is 0.